The number of hydrogen-bond donors (Lipinski definition) is 1. The van der Waals surface area contributed by atoms with E-state index in [0.29, 0.717) is 6.04 Å². The molecular weight excluding hydrogens is 208 g/mol. The lowest BCUT2D eigenvalue weighted by Gasteiger charge is -2.22. The van der Waals surface area contributed by atoms with Crippen molar-refractivity contribution in [2.75, 3.05) is 25.5 Å². The minimum Gasteiger partial charge on any atom is -0.380 e. The van der Waals surface area contributed by atoms with E-state index >= 15 is 0 Å². The largest absolute Gasteiger partial charge is 0.380 e. The second kappa shape index (κ2) is 5.54. The molecule has 94 valence electrons. The molecule has 1 aliphatic heterocycles. The molecule has 2 rings (SSSR count). The van der Waals surface area contributed by atoms with Gasteiger partial charge < -0.3 is 10.2 Å². The van der Waals surface area contributed by atoms with E-state index in [9.17, 15) is 0 Å². The zero-order valence-electron chi connectivity index (χ0n) is 11.2. The topological polar surface area (TPSA) is 15.3 Å². The van der Waals surface area contributed by atoms with Crippen LogP contribution < -0.4 is 5.32 Å². The molecule has 0 bridgehead atoms. The summed E-state index contributed by atoms with van der Waals surface area (Å²) in [7, 11) is 2.23. The van der Waals surface area contributed by atoms with Crippen LogP contribution in [-0.4, -0.2) is 31.1 Å². The molecule has 1 aromatic carbocycles. The smallest absolute Gasteiger partial charge is 0.0429 e. The summed E-state index contributed by atoms with van der Waals surface area (Å²) in [4.78, 5) is 2.45. The lowest BCUT2D eigenvalue weighted by molar-refractivity contribution is 0.299. The fraction of sp³-hybridized carbons (Fsp3) is 0.600. The van der Waals surface area contributed by atoms with Gasteiger partial charge in [0, 0.05) is 18.3 Å². The Hall–Kier alpha value is -1.02. The summed E-state index contributed by atoms with van der Waals surface area (Å²) >= 11 is 0. The van der Waals surface area contributed by atoms with Gasteiger partial charge in [-0.2, -0.15) is 0 Å². The number of benzene rings is 1. The highest BCUT2D eigenvalue weighted by Crippen LogP contribution is 2.25. The molecule has 1 aliphatic rings. The Morgan fingerprint density at radius 1 is 1.35 bits per heavy atom. The Balaban J connectivity index is 1.79. The third-order valence-corrected chi connectivity index (χ3v) is 3.46. The predicted molar refractivity (Wildman–Crippen MR) is 74.5 cm³/mol. The molecule has 0 saturated heterocycles. The van der Waals surface area contributed by atoms with Gasteiger partial charge in [-0.25, -0.2) is 0 Å². The molecule has 1 atom stereocenters. The third-order valence-electron chi connectivity index (χ3n) is 3.46. The van der Waals surface area contributed by atoms with Gasteiger partial charge in [0.15, 0.2) is 0 Å². The third kappa shape index (κ3) is 3.47. The zero-order chi connectivity index (χ0) is 12.3. The monoisotopic (exact) mass is 232 g/mol. The highest BCUT2D eigenvalue weighted by atomic mass is 15.1. The molecule has 17 heavy (non-hydrogen) atoms. The molecular formula is C15H24N2. The lowest BCUT2D eigenvalue weighted by Crippen LogP contribution is -2.34. The molecule has 0 fully saturated rings. The minimum atomic E-state index is 0.588. The average molecular weight is 232 g/mol. The number of rotatable bonds is 5. The number of nitrogens with one attached hydrogen (secondary N) is 1. The van der Waals surface area contributed by atoms with Crippen molar-refractivity contribution in [3.63, 3.8) is 0 Å². The first-order valence-corrected chi connectivity index (χ1v) is 6.68. The van der Waals surface area contributed by atoms with E-state index in [1.165, 1.54) is 30.6 Å². The Bertz CT molecular complexity index is 335. The maximum absolute atomic E-state index is 3.61. The van der Waals surface area contributed by atoms with Crippen LogP contribution in [0, 0.1) is 5.92 Å². The van der Waals surface area contributed by atoms with Crippen LogP contribution in [0.25, 0.3) is 0 Å². The van der Waals surface area contributed by atoms with Gasteiger partial charge in [-0.05, 0) is 44.0 Å². The summed E-state index contributed by atoms with van der Waals surface area (Å²) in [6, 6.07) is 9.24. The molecule has 0 radical (unpaired) electrons. The maximum Gasteiger partial charge on any atom is 0.0429 e. The first kappa shape index (κ1) is 12.4. The van der Waals surface area contributed by atoms with Gasteiger partial charge in [-0.1, -0.05) is 32.0 Å². The molecule has 0 aromatic heterocycles. The second-order valence-corrected chi connectivity index (χ2v) is 5.65. The highest BCUT2D eigenvalue weighted by molar-refractivity contribution is 5.56. The van der Waals surface area contributed by atoms with Crippen molar-refractivity contribution in [2.45, 2.75) is 32.7 Å². The van der Waals surface area contributed by atoms with Crippen LogP contribution in [0.3, 0.4) is 0 Å². The summed E-state index contributed by atoms with van der Waals surface area (Å²) in [5, 5.41) is 3.61. The predicted octanol–water partition coefficient (Wildman–Crippen LogP) is 3.00. The molecule has 1 unspecified atom stereocenters. The number of anilines is 1. The van der Waals surface area contributed by atoms with Crippen LogP contribution in [0.2, 0.25) is 0 Å². The van der Waals surface area contributed by atoms with Crippen molar-refractivity contribution in [3.05, 3.63) is 29.8 Å². The van der Waals surface area contributed by atoms with Gasteiger partial charge in [-0.3, -0.25) is 0 Å². The van der Waals surface area contributed by atoms with E-state index < -0.39 is 0 Å². The highest BCUT2D eigenvalue weighted by Gasteiger charge is 2.20. The standard InChI is InChI=1S/C15H24N2/c1-12(2)8-9-17(3)11-14-10-13-6-4-5-7-15(13)16-14/h4-7,12,14,16H,8-11H2,1-3H3. The van der Waals surface area contributed by atoms with Crippen LogP contribution in [-0.2, 0) is 6.42 Å². The van der Waals surface area contributed by atoms with Crippen molar-refractivity contribution in [3.8, 4) is 0 Å². The average Bonchev–Trinajstić information content (AvgIpc) is 2.68. The van der Waals surface area contributed by atoms with E-state index in [4.69, 9.17) is 0 Å². The summed E-state index contributed by atoms with van der Waals surface area (Å²) in [5.74, 6) is 0.797. The van der Waals surface area contributed by atoms with Crippen LogP contribution in [0.15, 0.2) is 24.3 Å². The number of fused-ring (bicyclic) bond motifs is 1. The van der Waals surface area contributed by atoms with E-state index in [-0.39, 0.29) is 0 Å². The van der Waals surface area contributed by atoms with Crippen molar-refractivity contribution >= 4 is 5.69 Å². The molecule has 0 spiro atoms. The number of nitrogens with zero attached hydrogens (tertiary/aromatic N) is 1. The van der Waals surface area contributed by atoms with Crippen LogP contribution >= 0.6 is 0 Å². The van der Waals surface area contributed by atoms with E-state index in [2.05, 4.69) is 55.4 Å². The fourth-order valence-electron chi connectivity index (χ4n) is 2.43. The minimum absolute atomic E-state index is 0.588. The summed E-state index contributed by atoms with van der Waals surface area (Å²) < 4.78 is 0. The first-order chi connectivity index (χ1) is 8.15. The zero-order valence-corrected chi connectivity index (χ0v) is 11.2. The Morgan fingerprint density at radius 2 is 2.12 bits per heavy atom. The first-order valence-electron chi connectivity index (χ1n) is 6.68. The van der Waals surface area contributed by atoms with Gasteiger partial charge in [0.2, 0.25) is 0 Å². The molecule has 1 heterocycles. The summed E-state index contributed by atoms with van der Waals surface area (Å²) in [6.45, 7) is 6.92. The molecule has 1 N–H and O–H groups in total. The Kier molecular flexibility index (Phi) is 4.06. The molecule has 0 aliphatic carbocycles. The number of para-hydroxylation sites is 1. The van der Waals surface area contributed by atoms with E-state index in [0.717, 1.165) is 12.5 Å². The van der Waals surface area contributed by atoms with Crippen molar-refractivity contribution in [1.82, 2.24) is 4.90 Å². The van der Waals surface area contributed by atoms with Crippen molar-refractivity contribution in [1.29, 1.82) is 0 Å². The fourth-order valence-corrected chi connectivity index (χ4v) is 2.43. The van der Waals surface area contributed by atoms with Gasteiger partial charge in [0.1, 0.15) is 0 Å². The van der Waals surface area contributed by atoms with Gasteiger partial charge in [0.25, 0.3) is 0 Å². The maximum atomic E-state index is 3.61. The van der Waals surface area contributed by atoms with E-state index in [1.807, 2.05) is 0 Å². The molecule has 2 nitrogen and oxygen atoms in total. The van der Waals surface area contributed by atoms with Gasteiger partial charge in [-0.15, -0.1) is 0 Å². The summed E-state index contributed by atoms with van der Waals surface area (Å²) in [6.07, 6.45) is 2.46. The summed E-state index contributed by atoms with van der Waals surface area (Å²) in [5.41, 5.74) is 2.80. The van der Waals surface area contributed by atoms with Crippen LogP contribution in [0.5, 0.6) is 0 Å². The Labute approximate surface area is 105 Å². The normalized spacial score (nSPS) is 18.5. The molecule has 0 saturated carbocycles. The van der Waals surface area contributed by atoms with Gasteiger partial charge in [0.05, 0.1) is 0 Å². The SMILES string of the molecule is CC(C)CCN(C)CC1Cc2ccccc2N1. The molecule has 1 aromatic rings. The molecule has 0 amide bonds. The number of hydrogen-bond acceptors (Lipinski definition) is 2. The number of likely N-dealkylation sites (N-methyl/N-ethyl adjacent to an activating group) is 1. The van der Waals surface area contributed by atoms with E-state index in [1.54, 1.807) is 0 Å². The van der Waals surface area contributed by atoms with Crippen LogP contribution in [0.4, 0.5) is 5.69 Å². The van der Waals surface area contributed by atoms with Crippen molar-refractivity contribution in [2.24, 2.45) is 5.92 Å². The second-order valence-electron chi connectivity index (χ2n) is 5.65. The Morgan fingerprint density at radius 3 is 2.82 bits per heavy atom. The van der Waals surface area contributed by atoms with Crippen molar-refractivity contribution < 1.29 is 0 Å². The van der Waals surface area contributed by atoms with Crippen LogP contribution in [0.1, 0.15) is 25.8 Å². The lowest BCUT2D eigenvalue weighted by atomic mass is 10.1. The molecule has 2 heteroatoms. The van der Waals surface area contributed by atoms with Gasteiger partial charge >= 0.3 is 0 Å². The quantitative estimate of drug-likeness (QED) is 0.839.